The second-order valence-corrected chi connectivity index (χ2v) is 20.4. The number of carbonyl (C=O) groups excluding carboxylic acids is 8. The number of amides is 8. The lowest BCUT2D eigenvalue weighted by Gasteiger charge is -2.42. The summed E-state index contributed by atoms with van der Waals surface area (Å²) in [5, 5.41) is 111. The number of hydrogen-bond donors (Lipinski definition) is 17. The van der Waals surface area contributed by atoms with Crippen LogP contribution in [0.15, 0.2) is 0 Å². The zero-order valence-corrected chi connectivity index (χ0v) is 51.9. The molecule has 17 unspecified atom stereocenters. The number of rotatable bonds is 43. The highest BCUT2D eigenvalue weighted by molar-refractivity contribution is 5.90. The van der Waals surface area contributed by atoms with E-state index in [4.69, 9.17) is 52.1 Å². The molecule has 0 aliphatic carbocycles. The Balaban J connectivity index is 0.0000137. The first-order chi connectivity index (χ1) is 43.1. The number of aliphatic hydroxyl groups is 9. The van der Waals surface area contributed by atoms with E-state index in [1.165, 1.54) is 27.9 Å². The van der Waals surface area contributed by atoms with Gasteiger partial charge in [0.25, 0.3) is 0 Å². The lowest BCUT2D eigenvalue weighted by atomic mass is 9.97. The number of aliphatic hydroxyl groups excluding tert-OH is 9. The molecule has 3 aliphatic heterocycles. The Morgan fingerprint density at radius 1 is 0.400 bits per heavy atom. The maximum absolute atomic E-state index is 13.6. The fourth-order valence-electron chi connectivity index (χ4n) is 8.94. The van der Waals surface area contributed by atoms with Crippen LogP contribution in [-0.2, 0) is 90.5 Å². The first-order valence-corrected chi connectivity index (χ1v) is 29.8. The lowest BCUT2D eigenvalue weighted by Crippen LogP contribution is -2.64. The highest BCUT2D eigenvalue weighted by atomic mass is 16.7. The predicted molar refractivity (Wildman–Crippen MR) is 306 cm³/mol. The number of hydrogen-bond acceptors (Lipinski definition) is 28. The quantitative estimate of drug-likeness (QED) is 0.0252. The van der Waals surface area contributed by atoms with Crippen molar-refractivity contribution in [3.63, 3.8) is 0 Å². The van der Waals surface area contributed by atoms with Gasteiger partial charge in [-0.3, -0.25) is 38.4 Å². The Kier molecular flexibility index (Phi) is 41.5. The van der Waals surface area contributed by atoms with Crippen LogP contribution < -0.4 is 42.5 Å². The van der Waals surface area contributed by atoms with Crippen LogP contribution in [0.4, 0.5) is 0 Å². The van der Waals surface area contributed by atoms with Gasteiger partial charge in [-0.1, -0.05) is 13.8 Å². The molecular weight excluding hydrogens is 1210 g/mol. The van der Waals surface area contributed by atoms with Gasteiger partial charge in [-0.25, -0.2) is 0 Å². The summed E-state index contributed by atoms with van der Waals surface area (Å²) < 4.78 is 60.3. The van der Waals surface area contributed by atoms with E-state index in [0.717, 1.165) is 0 Å². The van der Waals surface area contributed by atoms with Gasteiger partial charge in [0.1, 0.15) is 85.1 Å². The van der Waals surface area contributed by atoms with Gasteiger partial charge in [-0.15, -0.1) is 0 Å². The zero-order chi connectivity index (χ0) is 67.1. The third kappa shape index (κ3) is 30.1. The molecule has 3 heterocycles. The monoisotopic (exact) mass is 1310 g/mol. The minimum Gasteiger partial charge on any atom is -0.394 e. The van der Waals surface area contributed by atoms with Gasteiger partial charge in [0.15, 0.2) is 18.9 Å². The van der Waals surface area contributed by atoms with Gasteiger partial charge in [0.05, 0.1) is 99.1 Å². The standard InChI is InChI=1S/C52H92N8O28.C2H6/c1-28(64)56-39-45(73)42(70)33(25-61)86-50(39)83-22-19-80-14-10-53-36(67)7-5-31(48(76)54-11-15-81-20-23-84-51-40(57-29(2)65)46(74)43(71)34(26-62)87-51)59-37(68)8-6-32(60-38(69)9-13-79-18-17-78-4)49(77)55-12-16-82-21-24-85-52-41(58-30(3)66)47(75)44(72)35(27-63)88-52;1-2/h31-35,39-47,50-52,61-63,70-75H,5-27H2,1-4H3,(H,53,67)(H,54,76)(H,55,77)(H,56,64)(H,57,65)(H,58,66)(H,59,68)(H,60,69);1-2H3. The van der Waals surface area contributed by atoms with Crippen LogP contribution in [0.2, 0.25) is 0 Å². The summed E-state index contributed by atoms with van der Waals surface area (Å²) in [5.41, 5.74) is 0. The molecule has 36 heteroatoms. The molecule has 17 atom stereocenters. The lowest BCUT2D eigenvalue weighted by molar-refractivity contribution is -0.272. The number of methoxy groups -OCH3 is 1. The Hall–Kier alpha value is -5.04. The van der Waals surface area contributed by atoms with Crippen molar-refractivity contribution < 1.29 is 136 Å². The molecule has 17 N–H and O–H groups in total. The summed E-state index contributed by atoms with van der Waals surface area (Å²) in [6, 6.07) is -6.15. The number of carbonyl (C=O) groups is 8. The Morgan fingerprint density at radius 2 is 0.711 bits per heavy atom. The van der Waals surface area contributed by atoms with Crippen LogP contribution in [0, 0.1) is 0 Å². The van der Waals surface area contributed by atoms with Crippen molar-refractivity contribution in [2.24, 2.45) is 0 Å². The Bertz CT molecular complexity index is 2100. The first-order valence-electron chi connectivity index (χ1n) is 29.8. The van der Waals surface area contributed by atoms with E-state index in [0.29, 0.717) is 0 Å². The van der Waals surface area contributed by atoms with E-state index in [2.05, 4.69) is 42.5 Å². The van der Waals surface area contributed by atoms with Crippen LogP contribution in [0.3, 0.4) is 0 Å². The third-order valence-electron chi connectivity index (χ3n) is 13.5. The van der Waals surface area contributed by atoms with Gasteiger partial charge in [0.2, 0.25) is 47.3 Å². The van der Waals surface area contributed by atoms with Crippen molar-refractivity contribution in [2.45, 2.75) is 171 Å². The fraction of sp³-hybridized carbons (Fsp3) is 0.852. The molecule has 8 amide bonds. The smallest absolute Gasteiger partial charge is 0.242 e. The molecule has 3 saturated heterocycles. The molecule has 0 radical (unpaired) electrons. The normalized spacial score (nSPS) is 27.1. The van der Waals surface area contributed by atoms with Crippen LogP contribution >= 0.6 is 0 Å². The molecule has 36 nitrogen and oxygen atoms in total. The highest BCUT2D eigenvalue weighted by Gasteiger charge is 2.48. The van der Waals surface area contributed by atoms with Gasteiger partial charge >= 0.3 is 0 Å². The third-order valence-corrected chi connectivity index (χ3v) is 13.5. The molecule has 0 saturated carbocycles. The summed E-state index contributed by atoms with van der Waals surface area (Å²) in [5.74, 6) is -4.96. The van der Waals surface area contributed by atoms with E-state index in [9.17, 15) is 84.3 Å². The molecule has 3 rings (SSSR count). The molecule has 3 fully saturated rings. The summed E-state index contributed by atoms with van der Waals surface area (Å²) in [4.78, 5) is 102. The number of ether oxygens (including phenoxy) is 11. The molecule has 90 heavy (non-hydrogen) atoms. The molecule has 522 valence electrons. The van der Waals surface area contributed by atoms with Crippen molar-refractivity contribution in [1.82, 2.24) is 42.5 Å². The van der Waals surface area contributed by atoms with Crippen molar-refractivity contribution in [3.8, 4) is 0 Å². The SMILES string of the molecule is CC.COCCOCCC(=O)NC(CCC(=O)NC(CCC(=O)NCCOCCOC1OC(CO)C(O)C(O)C1NC(C)=O)C(=O)NCCOCCOC1OC(CO)C(O)C(O)C1NC(C)=O)C(=O)NCCOCCOC1OC(CO)C(O)C(O)C1NC(C)=O. The molecule has 0 aromatic heterocycles. The minimum absolute atomic E-state index is 0.0165. The van der Waals surface area contributed by atoms with Crippen LogP contribution in [0.5, 0.6) is 0 Å². The van der Waals surface area contributed by atoms with Gasteiger partial charge in [-0.05, 0) is 12.8 Å². The number of nitrogens with one attached hydrogen (secondary N) is 8. The van der Waals surface area contributed by atoms with Gasteiger partial charge in [-0.2, -0.15) is 0 Å². The van der Waals surface area contributed by atoms with E-state index < -0.39 is 178 Å². The first kappa shape index (κ1) is 81.1. The Labute approximate surface area is 521 Å². The second kappa shape index (κ2) is 46.1. The maximum atomic E-state index is 13.6. The minimum atomic E-state index is -1.54. The molecule has 0 aromatic carbocycles. The van der Waals surface area contributed by atoms with Crippen LogP contribution in [-0.4, -0.2) is 323 Å². The van der Waals surface area contributed by atoms with Crippen LogP contribution in [0.25, 0.3) is 0 Å². The zero-order valence-electron chi connectivity index (χ0n) is 51.9. The average molecular weight is 1310 g/mol. The average Bonchev–Trinajstić information content (AvgIpc) is 1.06. The topological polar surface area (TPSA) is 516 Å². The van der Waals surface area contributed by atoms with Gasteiger partial charge < -0.3 is 141 Å². The second-order valence-electron chi connectivity index (χ2n) is 20.4. The molecule has 3 aliphatic rings. The van der Waals surface area contributed by atoms with E-state index in [1.807, 2.05) is 13.8 Å². The van der Waals surface area contributed by atoms with Gasteiger partial charge in [0, 0.05) is 66.8 Å². The molecular formula is C54H98N8O28. The maximum Gasteiger partial charge on any atom is 0.242 e. The van der Waals surface area contributed by atoms with Crippen molar-refractivity contribution in [3.05, 3.63) is 0 Å². The van der Waals surface area contributed by atoms with Crippen LogP contribution in [0.1, 0.15) is 66.7 Å². The summed E-state index contributed by atoms with van der Waals surface area (Å²) in [6.07, 6.45) is -17.9. The van der Waals surface area contributed by atoms with E-state index >= 15 is 0 Å². The Morgan fingerprint density at radius 3 is 1.04 bits per heavy atom. The summed E-state index contributed by atoms with van der Waals surface area (Å²) >= 11 is 0. The highest BCUT2D eigenvalue weighted by Crippen LogP contribution is 2.25. The summed E-state index contributed by atoms with van der Waals surface area (Å²) in [6.45, 7) is 4.92. The molecule has 0 aromatic rings. The van der Waals surface area contributed by atoms with Crippen molar-refractivity contribution in [1.29, 1.82) is 0 Å². The van der Waals surface area contributed by atoms with E-state index in [-0.39, 0.29) is 125 Å². The molecule has 0 bridgehead atoms. The summed E-state index contributed by atoms with van der Waals surface area (Å²) in [7, 11) is 1.47. The van der Waals surface area contributed by atoms with Crippen molar-refractivity contribution in [2.75, 3.05) is 126 Å². The fourth-order valence-corrected chi connectivity index (χ4v) is 8.94. The largest absolute Gasteiger partial charge is 0.394 e. The predicted octanol–water partition coefficient (Wildman–Crippen LogP) is -9.13. The van der Waals surface area contributed by atoms with Crippen molar-refractivity contribution >= 4 is 47.3 Å². The van der Waals surface area contributed by atoms with E-state index in [1.54, 1.807) is 0 Å². The molecule has 0 spiro atoms.